The van der Waals surface area contributed by atoms with E-state index in [-0.39, 0.29) is 11.6 Å². The molecule has 0 bridgehead atoms. The van der Waals surface area contributed by atoms with Crippen LogP contribution >= 0.6 is 0 Å². The molecule has 1 heterocycles. The summed E-state index contributed by atoms with van der Waals surface area (Å²) in [6.07, 6.45) is 2.36. The maximum Gasteiger partial charge on any atom is 0.135 e. The zero-order chi connectivity index (χ0) is 22.9. The Morgan fingerprint density at radius 1 is 0.875 bits per heavy atom. The Morgan fingerprint density at radius 3 is 2.16 bits per heavy atom. The largest absolute Gasteiger partial charge is 0.508 e. The summed E-state index contributed by atoms with van der Waals surface area (Å²) in [6, 6.07) is 21.2. The van der Waals surface area contributed by atoms with E-state index in [9.17, 15) is 9.50 Å². The van der Waals surface area contributed by atoms with Gasteiger partial charge in [0, 0.05) is 29.2 Å². The molecule has 4 aromatic rings. The van der Waals surface area contributed by atoms with Crippen molar-refractivity contribution in [2.24, 2.45) is 0 Å². The molecule has 0 aliphatic carbocycles. The van der Waals surface area contributed by atoms with Crippen LogP contribution in [0.25, 0.3) is 0 Å². The minimum absolute atomic E-state index is 0.144. The molecule has 0 spiro atoms. The van der Waals surface area contributed by atoms with Crippen molar-refractivity contribution in [2.45, 2.75) is 20.3 Å². The molecule has 3 aromatic carbocycles. The van der Waals surface area contributed by atoms with Crippen molar-refractivity contribution in [1.82, 2.24) is 9.97 Å². The Bertz CT molecular complexity index is 1180. The Balaban J connectivity index is 0.000000269. The number of nitrogens with zero attached hydrogens (tertiary/aromatic N) is 2. The SMILES string of the molecule is CCc1cccc(F)c1.Cc1ccc(Nc2cc(Nc3cccc(N)c3)ncn2)cc1O. The maximum atomic E-state index is 12.4. The van der Waals surface area contributed by atoms with Crippen LogP contribution in [-0.2, 0) is 6.42 Å². The second-order valence-corrected chi connectivity index (χ2v) is 7.15. The van der Waals surface area contributed by atoms with Gasteiger partial charge in [0.2, 0.25) is 0 Å². The van der Waals surface area contributed by atoms with E-state index in [0.29, 0.717) is 17.3 Å². The Labute approximate surface area is 187 Å². The number of aromatic nitrogens is 2. The number of aryl methyl sites for hydroxylation is 2. The van der Waals surface area contributed by atoms with E-state index in [1.54, 1.807) is 24.3 Å². The summed E-state index contributed by atoms with van der Waals surface area (Å²) in [5, 5.41) is 16.1. The molecule has 0 radical (unpaired) electrons. The molecule has 0 atom stereocenters. The average Bonchev–Trinajstić information content (AvgIpc) is 2.77. The van der Waals surface area contributed by atoms with Crippen LogP contribution in [0.2, 0.25) is 0 Å². The van der Waals surface area contributed by atoms with Crippen molar-refractivity contribution < 1.29 is 9.50 Å². The summed E-state index contributed by atoms with van der Waals surface area (Å²) in [6.45, 7) is 3.85. The molecule has 0 aliphatic rings. The monoisotopic (exact) mass is 431 g/mol. The lowest BCUT2D eigenvalue weighted by molar-refractivity contribution is 0.471. The number of nitrogen functional groups attached to an aromatic ring is 1. The van der Waals surface area contributed by atoms with E-state index in [1.165, 1.54) is 12.4 Å². The third-order valence-corrected chi connectivity index (χ3v) is 4.60. The standard InChI is InChI=1S/C17H17N5O.C8H9F/c1-11-5-6-14(8-15(11)23)22-17-9-16(19-10-20-17)21-13-4-2-3-12(18)7-13;1-2-7-4-3-5-8(9)6-7/h2-10,23H,18H2,1H3,(H2,19,20,21,22);3-6H,2H2,1H3. The highest BCUT2D eigenvalue weighted by Gasteiger charge is 2.03. The van der Waals surface area contributed by atoms with Gasteiger partial charge in [-0.15, -0.1) is 0 Å². The van der Waals surface area contributed by atoms with Crippen molar-refractivity contribution in [3.63, 3.8) is 0 Å². The van der Waals surface area contributed by atoms with E-state index >= 15 is 0 Å². The number of rotatable bonds is 5. The van der Waals surface area contributed by atoms with E-state index in [1.807, 2.05) is 56.3 Å². The molecular formula is C25H26FN5O. The van der Waals surface area contributed by atoms with Gasteiger partial charge in [-0.25, -0.2) is 14.4 Å². The Kier molecular flexibility index (Phi) is 7.59. The smallest absolute Gasteiger partial charge is 0.135 e. The fraction of sp³-hybridized carbons (Fsp3) is 0.120. The summed E-state index contributed by atoms with van der Waals surface area (Å²) < 4.78 is 12.4. The number of benzene rings is 3. The lowest BCUT2D eigenvalue weighted by Gasteiger charge is -2.10. The Morgan fingerprint density at radius 2 is 1.56 bits per heavy atom. The third kappa shape index (κ3) is 6.70. The van der Waals surface area contributed by atoms with Crippen LogP contribution in [0.5, 0.6) is 5.75 Å². The number of anilines is 5. The number of halogens is 1. The van der Waals surface area contributed by atoms with E-state index in [4.69, 9.17) is 5.73 Å². The van der Waals surface area contributed by atoms with Gasteiger partial charge in [0.15, 0.2) is 0 Å². The first-order valence-electron chi connectivity index (χ1n) is 10.2. The minimum atomic E-state index is -0.144. The molecule has 7 heteroatoms. The highest BCUT2D eigenvalue weighted by atomic mass is 19.1. The second-order valence-electron chi connectivity index (χ2n) is 7.15. The minimum Gasteiger partial charge on any atom is -0.508 e. The van der Waals surface area contributed by atoms with Crippen LogP contribution in [0, 0.1) is 12.7 Å². The third-order valence-electron chi connectivity index (χ3n) is 4.60. The van der Waals surface area contributed by atoms with Gasteiger partial charge in [0.25, 0.3) is 0 Å². The average molecular weight is 432 g/mol. The van der Waals surface area contributed by atoms with E-state index in [2.05, 4.69) is 20.6 Å². The lowest BCUT2D eigenvalue weighted by Crippen LogP contribution is -1.99. The van der Waals surface area contributed by atoms with Gasteiger partial charge in [0.1, 0.15) is 29.5 Å². The highest BCUT2D eigenvalue weighted by Crippen LogP contribution is 2.24. The van der Waals surface area contributed by atoms with Crippen LogP contribution in [0.4, 0.5) is 33.1 Å². The normalized spacial score (nSPS) is 10.1. The van der Waals surface area contributed by atoms with Crippen LogP contribution in [-0.4, -0.2) is 15.1 Å². The number of nitrogens with one attached hydrogen (secondary N) is 2. The molecule has 4 rings (SSSR count). The summed E-state index contributed by atoms with van der Waals surface area (Å²) in [5.74, 6) is 1.36. The van der Waals surface area contributed by atoms with Crippen LogP contribution < -0.4 is 16.4 Å². The summed E-state index contributed by atoms with van der Waals surface area (Å²) in [4.78, 5) is 8.36. The van der Waals surface area contributed by atoms with Gasteiger partial charge in [-0.05, 0) is 60.9 Å². The molecule has 0 amide bonds. The molecule has 0 saturated heterocycles. The summed E-state index contributed by atoms with van der Waals surface area (Å²) >= 11 is 0. The van der Waals surface area contributed by atoms with Crippen molar-refractivity contribution in [3.8, 4) is 5.75 Å². The molecule has 0 fully saturated rings. The number of hydrogen-bond acceptors (Lipinski definition) is 6. The molecule has 0 aliphatic heterocycles. The summed E-state index contributed by atoms with van der Waals surface area (Å²) in [5.41, 5.74) is 9.91. The quantitative estimate of drug-likeness (QED) is 0.292. The predicted octanol–water partition coefficient (Wildman–Crippen LogP) is 5.95. The maximum absolute atomic E-state index is 12.4. The van der Waals surface area contributed by atoms with Gasteiger partial charge in [-0.1, -0.05) is 31.2 Å². The van der Waals surface area contributed by atoms with Crippen molar-refractivity contribution in [1.29, 1.82) is 0 Å². The topological polar surface area (TPSA) is 96.1 Å². The number of aromatic hydroxyl groups is 1. The molecule has 1 aromatic heterocycles. The van der Waals surface area contributed by atoms with Gasteiger partial charge >= 0.3 is 0 Å². The molecular weight excluding hydrogens is 405 g/mol. The van der Waals surface area contributed by atoms with Gasteiger partial charge in [0.05, 0.1) is 0 Å². The van der Waals surface area contributed by atoms with Crippen molar-refractivity contribution in [3.05, 3.63) is 96.1 Å². The van der Waals surface area contributed by atoms with Gasteiger partial charge < -0.3 is 21.5 Å². The molecule has 5 N–H and O–H groups in total. The Hall–Kier alpha value is -4.13. The van der Waals surface area contributed by atoms with Crippen LogP contribution in [0.15, 0.2) is 79.1 Å². The first-order chi connectivity index (χ1) is 15.4. The fourth-order valence-electron chi connectivity index (χ4n) is 2.85. The van der Waals surface area contributed by atoms with Crippen LogP contribution in [0.1, 0.15) is 18.1 Å². The van der Waals surface area contributed by atoms with Gasteiger partial charge in [-0.3, -0.25) is 0 Å². The number of hydrogen-bond donors (Lipinski definition) is 4. The molecule has 164 valence electrons. The first kappa shape index (κ1) is 22.6. The number of nitrogens with two attached hydrogens (primary N) is 1. The fourth-order valence-corrected chi connectivity index (χ4v) is 2.85. The van der Waals surface area contributed by atoms with Gasteiger partial charge in [-0.2, -0.15) is 0 Å². The molecule has 0 unspecified atom stereocenters. The molecule has 6 nitrogen and oxygen atoms in total. The van der Waals surface area contributed by atoms with Crippen molar-refractivity contribution >= 4 is 28.7 Å². The predicted molar refractivity (Wildman–Crippen MR) is 128 cm³/mol. The number of phenols is 1. The second kappa shape index (κ2) is 10.8. The highest BCUT2D eigenvalue weighted by molar-refractivity contribution is 5.65. The zero-order valence-electron chi connectivity index (χ0n) is 18.0. The first-order valence-corrected chi connectivity index (χ1v) is 10.2. The summed E-state index contributed by atoms with van der Waals surface area (Å²) in [7, 11) is 0. The number of phenolic OH excluding ortho intramolecular Hbond substituents is 1. The molecule has 32 heavy (non-hydrogen) atoms. The van der Waals surface area contributed by atoms with Crippen LogP contribution in [0.3, 0.4) is 0 Å². The lowest BCUT2D eigenvalue weighted by atomic mass is 10.2. The van der Waals surface area contributed by atoms with E-state index < -0.39 is 0 Å². The van der Waals surface area contributed by atoms with Crippen molar-refractivity contribution in [2.75, 3.05) is 16.4 Å². The van der Waals surface area contributed by atoms with E-state index in [0.717, 1.165) is 28.9 Å². The molecule has 0 saturated carbocycles. The zero-order valence-corrected chi connectivity index (χ0v) is 18.0.